The van der Waals surface area contributed by atoms with Crippen molar-refractivity contribution < 1.29 is 17.2 Å². The SMILES string of the molecule is O=S(=O)(c1ccc(Cl)c(F)c1)N1CCC(n2nnc3cc(F)ccc32)CC1. The van der Waals surface area contributed by atoms with E-state index >= 15 is 0 Å². The van der Waals surface area contributed by atoms with Crippen molar-refractivity contribution >= 4 is 32.7 Å². The van der Waals surface area contributed by atoms with Crippen LogP contribution < -0.4 is 0 Å². The molecule has 10 heteroatoms. The molecule has 0 radical (unpaired) electrons. The molecule has 1 aromatic heterocycles. The number of piperidine rings is 1. The number of rotatable bonds is 3. The molecule has 0 bridgehead atoms. The van der Waals surface area contributed by atoms with Gasteiger partial charge in [0.05, 0.1) is 21.5 Å². The maximum Gasteiger partial charge on any atom is 0.243 e. The maximum atomic E-state index is 13.6. The van der Waals surface area contributed by atoms with Gasteiger partial charge in [0.1, 0.15) is 17.2 Å². The Morgan fingerprint density at radius 2 is 1.81 bits per heavy atom. The maximum absolute atomic E-state index is 13.6. The summed E-state index contributed by atoms with van der Waals surface area (Å²) in [7, 11) is -3.80. The molecular weight excluding hydrogens is 398 g/mol. The van der Waals surface area contributed by atoms with E-state index in [1.165, 1.54) is 28.6 Å². The van der Waals surface area contributed by atoms with Crippen LogP contribution in [0.4, 0.5) is 8.78 Å². The third kappa shape index (κ3) is 3.30. The Hall–Kier alpha value is -2.10. The lowest BCUT2D eigenvalue weighted by molar-refractivity contribution is 0.262. The Bertz CT molecular complexity index is 1110. The molecule has 27 heavy (non-hydrogen) atoms. The third-order valence-electron chi connectivity index (χ3n) is 4.73. The minimum Gasteiger partial charge on any atom is -0.241 e. The Kier molecular flexibility index (Phi) is 4.61. The van der Waals surface area contributed by atoms with E-state index in [4.69, 9.17) is 11.6 Å². The van der Waals surface area contributed by atoms with E-state index in [2.05, 4.69) is 10.3 Å². The number of nitrogens with zero attached hydrogens (tertiary/aromatic N) is 4. The highest BCUT2D eigenvalue weighted by Gasteiger charge is 2.31. The van der Waals surface area contributed by atoms with Crippen LogP contribution in [0.3, 0.4) is 0 Å². The van der Waals surface area contributed by atoms with Gasteiger partial charge in [0.15, 0.2) is 0 Å². The van der Waals surface area contributed by atoms with Crippen LogP contribution in [0.5, 0.6) is 0 Å². The molecular formula is C17H15ClF2N4O2S. The largest absolute Gasteiger partial charge is 0.243 e. The summed E-state index contributed by atoms with van der Waals surface area (Å²) < 4.78 is 55.4. The summed E-state index contributed by atoms with van der Waals surface area (Å²) in [4.78, 5) is -0.121. The van der Waals surface area contributed by atoms with E-state index < -0.39 is 15.8 Å². The third-order valence-corrected chi connectivity index (χ3v) is 6.93. The van der Waals surface area contributed by atoms with Gasteiger partial charge in [0, 0.05) is 19.2 Å². The molecule has 0 atom stereocenters. The molecule has 4 rings (SSSR count). The molecule has 1 aliphatic heterocycles. The first kappa shape index (κ1) is 18.3. The summed E-state index contributed by atoms with van der Waals surface area (Å²) in [6, 6.07) is 7.69. The molecule has 6 nitrogen and oxygen atoms in total. The van der Waals surface area contributed by atoms with Gasteiger partial charge in [-0.2, -0.15) is 4.31 Å². The zero-order chi connectivity index (χ0) is 19.2. The van der Waals surface area contributed by atoms with E-state index in [-0.39, 0.29) is 34.9 Å². The second kappa shape index (κ2) is 6.81. The molecule has 2 aromatic carbocycles. The number of hydrogen-bond donors (Lipinski definition) is 0. The monoisotopic (exact) mass is 412 g/mol. The number of hydrogen-bond acceptors (Lipinski definition) is 4. The highest BCUT2D eigenvalue weighted by molar-refractivity contribution is 7.89. The molecule has 0 spiro atoms. The summed E-state index contributed by atoms with van der Waals surface area (Å²) in [5.41, 5.74) is 1.17. The molecule has 142 valence electrons. The van der Waals surface area contributed by atoms with Crippen molar-refractivity contribution in [3.63, 3.8) is 0 Å². The average molecular weight is 413 g/mol. The first-order chi connectivity index (χ1) is 12.9. The summed E-state index contributed by atoms with van der Waals surface area (Å²) in [5.74, 6) is -1.15. The minimum atomic E-state index is -3.80. The van der Waals surface area contributed by atoms with E-state index in [0.29, 0.717) is 23.9 Å². The van der Waals surface area contributed by atoms with Gasteiger partial charge >= 0.3 is 0 Å². The lowest BCUT2D eigenvalue weighted by Gasteiger charge is -2.31. The van der Waals surface area contributed by atoms with Crippen molar-refractivity contribution in [1.29, 1.82) is 0 Å². The number of sulfonamides is 1. The highest BCUT2D eigenvalue weighted by atomic mass is 35.5. The number of halogens is 3. The van der Waals surface area contributed by atoms with E-state index in [0.717, 1.165) is 6.07 Å². The fourth-order valence-corrected chi connectivity index (χ4v) is 4.90. The van der Waals surface area contributed by atoms with E-state index in [9.17, 15) is 17.2 Å². The lowest BCUT2D eigenvalue weighted by atomic mass is 10.1. The fourth-order valence-electron chi connectivity index (χ4n) is 3.30. The zero-order valence-electron chi connectivity index (χ0n) is 14.0. The molecule has 1 aliphatic rings. The predicted octanol–water partition coefficient (Wildman–Crippen LogP) is 3.39. The predicted molar refractivity (Wildman–Crippen MR) is 95.9 cm³/mol. The van der Waals surface area contributed by atoms with Crippen LogP contribution in [0.2, 0.25) is 5.02 Å². The van der Waals surface area contributed by atoms with Crippen LogP contribution in [0, 0.1) is 11.6 Å². The molecule has 1 saturated heterocycles. The number of fused-ring (bicyclic) bond motifs is 1. The van der Waals surface area contributed by atoms with Gasteiger partial charge < -0.3 is 0 Å². The highest BCUT2D eigenvalue weighted by Crippen LogP contribution is 2.29. The summed E-state index contributed by atoms with van der Waals surface area (Å²) in [6.45, 7) is 0.527. The Morgan fingerprint density at radius 3 is 2.52 bits per heavy atom. The smallest absolute Gasteiger partial charge is 0.241 e. The Balaban J connectivity index is 1.53. The lowest BCUT2D eigenvalue weighted by Crippen LogP contribution is -2.39. The van der Waals surface area contributed by atoms with Gasteiger partial charge in [-0.05, 0) is 43.2 Å². The van der Waals surface area contributed by atoms with Crippen molar-refractivity contribution in [2.24, 2.45) is 0 Å². The van der Waals surface area contributed by atoms with Crippen LogP contribution in [-0.2, 0) is 10.0 Å². The number of aromatic nitrogens is 3. The van der Waals surface area contributed by atoms with Crippen molar-refractivity contribution in [2.45, 2.75) is 23.8 Å². The molecule has 0 aliphatic carbocycles. The van der Waals surface area contributed by atoms with Crippen LogP contribution in [0.1, 0.15) is 18.9 Å². The van der Waals surface area contributed by atoms with E-state index in [1.54, 1.807) is 10.7 Å². The topological polar surface area (TPSA) is 68.1 Å². The van der Waals surface area contributed by atoms with Crippen molar-refractivity contribution in [1.82, 2.24) is 19.3 Å². The molecule has 0 unspecified atom stereocenters. The zero-order valence-corrected chi connectivity index (χ0v) is 15.6. The molecule has 0 amide bonds. The average Bonchev–Trinajstić information content (AvgIpc) is 3.07. The summed E-state index contributed by atoms with van der Waals surface area (Å²) >= 11 is 5.63. The quantitative estimate of drug-likeness (QED) is 0.661. The van der Waals surface area contributed by atoms with Crippen LogP contribution in [-0.4, -0.2) is 40.8 Å². The van der Waals surface area contributed by atoms with Gasteiger partial charge in [-0.1, -0.05) is 16.8 Å². The summed E-state index contributed by atoms with van der Waals surface area (Å²) in [6.07, 6.45) is 1.04. The second-order valence-electron chi connectivity index (χ2n) is 6.38. The molecule has 0 N–H and O–H groups in total. The van der Waals surface area contributed by atoms with Gasteiger partial charge in [-0.25, -0.2) is 21.9 Å². The molecule has 3 aromatic rings. The van der Waals surface area contributed by atoms with Gasteiger partial charge in [0.25, 0.3) is 0 Å². The normalized spacial score (nSPS) is 16.9. The van der Waals surface area contributed by atoms with Crippen LogP contribution in [0.25, 0.3) is 11.0 Å². The molecule has 2 heterocycles. The Labute approximate surface area is 159 Å². The standard InChI is InChI=1S/C17H15ClF2N4O2S/c18-14-3-2-13(10-15(14)20)27(25,26)23-7-5-12(6-8-23)24-17-4-1-11(19)9-16(17)21-22-24/h1-4,9-10,12H,5-8H2. The summed E-state index contributed by atoms with van der Waals surface area (Å²) in [5, 5.41) is 7.95. The Morgan fingerprint density at radius 1 is 1.07 bits per heavy atom. The second-order valence-corrected chi connectivity index (χ2v) is 8.72. The van der Waals surface area contributed by atoms with Crippen molar-refractivity contribution in [3.05, 3.63) is 53.1 Å². The fraction of sp³-hybridized carbons (Fsp3) is 0.294. The first-order valence-corrected chi connectivity index (χ1v) is 10.1. The van der Waals surface area contributed by atoms with E-state index in [1.807, 2.05) is 0 Å². The van der Waals surface area contributed by atoms with Gasteiger partial charge in [-0.15, -0.1) is 5.10 Å². The minimum absolute atomic E-state index is 0.0473. The van der Waals surface area contributed by atoms with Crippen LogP contribution in [0.15, 0.2) is 41.3 Å². The van der Waals surface area contributed by atoms with Gasteiger partial charge in [-0.3, -0.25) is 0 Å². The van der Waals surface area contributed by atoms with Crippen molar-refractivity contribution in [2.75, 3.05) is 13.1 Å². The van der Waals surface area contributed by atoms with Crippen molar-refractivity contribution in [3.8, 4) is 0 Å². The first-order valence-electron chi connectivity index (χ1n) is 8.32. The molecule has 1 fully saturated rings. The molecule has 0 saturated carbocycles. The van der Waals surface area contributed by atoms with Gasteiger partial charge in [0.2, 0.25) is 10.0 Å². The number of benzene rings is 2. The van der Waals surface area contributed by atoms with Crippen LogP contribution >= 0.6 is 11.6 Å².